The number of nitrogens with zero attached hydrogens (tertiary/aromatic N) is 2. The predicted molar refractivity (Wildman–Crippen MR) is 57.5 cm³/mol. The van der Waals surface area contributed by atoms with Crippen LogP contribution in [-0.2, 0) is 6.54 Å². The highest BCUT2D eigenvalue weighted by Crippen LogP contribution is 2.33. The maximum atomic E-state index is 5.40. The Kier molecular flexibility index (Phi) is 3.20. The summed E-state index contributed by atoms with van der Waals surface area (Å²) in [6, 6.07) is 0.953. The zero-order valence-corrected chi connectivity index (χ0v) is 9.29. The average molecular weight is 210 g/mol. The van der Waals surface area contributed by atoms with Gasteiger partial charge in [-0.2, -0.15) is 0 Å². The van der Waals surface area contributed by atoms with Gasteiger partial charge in [0.15, 0.2) is 0 Å². The van der Waals surface area contributed by atoms with Gasteiger partial charge < -0.3 is 15.1 Å². The molecular weight excluding hydrogens is 192 g/mol. The maximum Gasteiger partial charge on any atom is 0.315 e. The highest BCUT2D eigenvalue weighted by Gasteiger charge is 2.24. The Morgan fingerprint density at radius 1 is 1.47 bits per heavy atom. The van der Waals surface area contributed by atoms with E-state index in [1.54, 1.807) is 0 Å². The third kappa shape index (κ3) is 3.20. The number of nitrogens with one attached hydrogen (secondary N) is 2. The van der Waals surface area contributed by atoms with E-state index in [9.17, 15) is 0 Å². The molecule has 1 fully saturated rings. The molecule has 0 bridgehead atoms. The largest absolute Gasteiger partial charge is 0.407 e. The van der Waals surface area contributed by atoms with Crippen LogP contribution in [0, 0.1) is 5.92 Å². The molecule has 2 rings (SSSR count). The highest BCUT2D eigenvalue weighted by atomic mass is 16.4. The summed E-state index contributed by atoms with van der Waals surface area (Å²) >= 11 is 0. The van der Waals surface area contributed by atoms with Crippen molar-refractivity contribution in [3.8, 4) is 0 Å². The Labute approximate surface area is 89.6 Å². The molecule has 0 radical (unpaired) electrons. The minimum atomic E-state index is 0.417. The molecular formula is C10H18N4O. The molecule has 1 heterocycles. The van der Waals surface area contributed by atoms with Gasteiger partial charge in [-0.25, -0.2) is 0 Å². The van der Waals surface area contributed by atoms with Crippen LogP contribution in [0.3, 0.4) is 0 Å². The summed E-state index contributed by atoms with van der Waals surface area (Å²) in [5, 5.41) is 14.0. The van der Waals surface area contributed by atoms with Gasteiger partial charge in [0.05, 0.1) is 6.54 Å². The van der Waals surface area contributed by atoms with Crippen LogP contribution in [0.4, 0.5) is 6.01 Å². The molecule has 0 amide bonds. The van der Waals surface area contributed by atoms with Gasteiger partial charge in [0.25, 0.3) is 0 Å². The number of aromatic nitrogens is 2. The van der Waals surface area contributed by atoms with Gasteiger partial charge in [-0.05, 0) is 26.3 Å². The Morgan fingerprint density at radius 3 is 2.93 bits per heavy atom. The fourth-order valence-corrected chi connectivity index (χ4v) is 1.66. The molecule has 1 saturated carbocycles. The van der Waals surface area contributed by atoms with Crippen LogP contribution >= 0.6 is 0 Å². The van der Waals surface area contributed by atoms with Crippen molar-refractivity contribution in [2.45, 2.75) is 38.8 Å². The van der Waals surface area contributed by atoms with Crippen LogP contribution in [0.15, 0.2) is 4.42 Å². The lowest BCUT2D eigenvalue weighted by atomic mass is 10.2. The molecule has 1 unspecified atom stereocenters. The second kappa shape index (κ2) is 4.61. The minimum absolute atomic E-state index is 0.417. The lowest BCUT2D eigenvalue weighted by molar-refractivity contribution is 0.481. The number of hydrogen-bond donors (Lipinski definition) is 2. The SMILES string of the molecule is CNCc1nnc(NC(C)CC2CC2)o1. The third-order valence-electron chi connectivity index (χ3n) is 2.55. The summed E-state index contributed by atoms with van der Waals surface area (Å²) in [5.41, 5.74) is 0. The topological polar surface area (TPSA) is 63.0 Å². The first-order valence-corrected chi connectivity index (χ1v) is 5.51. The molecule has 0 aromatic carbocycles. The quantitative estimate of drug-likeness (QED) is 0.743. The normalized spacial score (nSPS) is 17.7. The van der Waals surface area contributed by atoms with Gasteiger partial charge in [0.2, 0.25) is 5.89 Å². The lowest BCUT2D eigenvalue weighted by Gasteiger charge is -2.09. The van der Waals surface area contributed by atoms with E-state index in [1.165, 1.54) is 19.3 Å². The smallest absolute Gasteiger partial charge is 0.315 e. The van der Waals surface area contributed by atoms with Crippen molar-refractivity contribution in [1.82, 2.24) is 15.5 Å². The van der Waals surface area contributed by atoms with E-state index in [1.807, 2.05) is 7.05 Å². The predicted octanol–water partition coefficient (Wildman–Crippen LogP) is 1.39. The van der Waals surface area contributed by atoms with Gasteiger partial charge in [-0.1, -0.05) is 17.9 Å². The molecule has 84 valence electrons. The summed E-state index contributed by atoms with van der Waals surface area (Å²) in [4.78, 5) is 0. The Morgan fingerprint density at radius 2 is 2.27 bits per heavy atom. The number of anilines is 1. The van der Waals surface area contributed by atoms with Crippen LogP contribution in [0.5, 0.6) is 0 Å². The Hall–Kier alpha value is -1.10. The molecule has 15 heavy (non-hydrogen) atoms. The fraction of sp³-hybridized carbons (Fsp3) is 0.800. The van der Waals surface area contributed by atoms with E-state index in [-0.39, 0.29) is 0 Å². The second-order valence-corrected chi connectivity index (χ2v) is 4.26. The van der Waals surface area contributed by atoms with E-state index >= 15 is 0 Å². The molecule has 1 aromatic rings. The zero-order chi connectivity index (χ0) is 10.7. The number of hydrogen-bond acceptors (Lipinski definition) is 5. The third-order valence-corrected chi connectivity index (χ3v) is 2.55. The van der Waals surface area contributed by atoms with Crippen LogP contribution in [0.2, 0.25) is 0 Å². The van der Waals surface area contributed by atoms with E-state index in [2.05, 4.69) is 27.8 Å². The fourth-order valence-electron chi connectivity index (χ4n) is 1.66. The monoisotopic (exact) mass is 210 g/mol. The first-order valence-electron chi connectivity index (χ1n) is 5.51. The molecule has 1 atom stereocenters. The van der Waals surface area contributed by atoms with Gasteiger partial charge in [0, 0.05) is 6.04 Å². The average Bonchev–Trinajstić information content (AvgIpc) is 2.88. The van der Waals surface area contributed by atoms with Gasteiger partial charge >= 0.3 is 6.01 Å². The molecule has 1 aliphatic rings. The molecule has 0 spiro atoms. The van der Waals surface area contributed by atoms with E-state index < -0.39 is 0 Å². The van der Waals surface area contributed by atoms with Crippen LogP contribution in [0.25, 0.3) is 0 Å². The molecule has 0 aliphatic heterocycles. The van der Waals surface area contributed by atoms with Gasteiger partial charge in [-0.15, -0.1) is 5.10 Å². The molecule has 1 aromatic heterocycles. The zero-order valence-electron chi connectivity index (χ0n) is 9.29. The standard InChI is InChI=1S/C10H18N4O/c1-7(5-8-3-4-8)12-10-14-13-9(15-10)6-11-2/h7-8,11H,3-6H2,1-2H3,(H,12,14). The van der Waals surface area contributed by atoms with Gasteiger partial charge in [0.1, 0.15) is 0 Å². The van der Waals surface area contributed by atoms with Crippen molar-refractivity contribution in [2.24, 2.45) is 5.92 Å². The lowest BCUT2D eigenvalue weighted by Crippen LogP contribution is -2.15. The molecule has 5 heteroatoms. The van der Waals surface area contributed by atoms with Crippen LogP contribution in [0.1, 0.15) is 32.1 Å². The maximum absolute atomic E-state index is 5.40. The van der Waals surface area contributed by atoms with E-state index in [4.69, 9.17) is 4.42 Å². The summed E-state index contributed by atoms with van der Waals surface area (Å²) in [6.07, 6.45) is 3.95. The first-order chi connectivity index (χ1) is 7.28. The van der Waals surface area contributed by atoms with Crippen molar-refractivity contribution in [3.05, 3.63) is 5.89 Å². The molecule has 1 aliphatic carbocycles. The minimum Gasteiger partial charge on any atom is -0.407 e. The van der Waals surface area contributed by atoms with Crippen molar-refractivity contribution < 1.29 is 4.42 Å². The Balaban J connectivity index is 1.80. The summed E-state index contributed by atoms with van der Waals surface area (Å²) in [5.74, 6) is 1.53. The van der Waals surface area contributed by atoms with Crippen LogP contribution in [-0.4, -0.2) is 23.3 Å². The van der Waals surface area contributed by atoms with E-state index in [0.29, 0.717) is 24.5 Å². The van der Waals surface area contributed by atoms with Crippen molar-refractivity contribution >= 4 is 6.01 Å². The molecule has 0 saturated heterocycles. The van der Waals surface area contributed by atoms with Gasteiger partial charge in [-0.3, -0.25) is 0 Å². The van der Waals surface area contributed by atoms with Crippen LogP contribution < -0.4 is 10.6 Å². The summed E-state index contributed by atoms with van der Waals surface area (Å²) in [6.45, 7) is 2.77. The van der Waals surface area contributed by atoms with Crippen molar-refractivity contribution in [2.75, 3.05) is 12.4 Å². The van der Waals surface area contributed by atoms with Crippen molar-refractivity contribution in [1.29, 1.82) is 0 Å². The first kappa shape index (κ1) is 10.4. The molecule has 2 N–H and O–H groups in total. The Bertz CT molecular complexity index is 308. The van der Waals surface area contributed by atoms with Crippen molar-refractivity contribution in [3.63, 3.8) is 0 Å². The van der Waals surface area contributed by atoms with E-state index in [0.717, 1.165) is 5.92 Å². The number of rotatable bonds is 6. The highest BCUT2D eigenvalue weighted by molar-refractivity contribution is 5.19. The molecule has 5 nitrogen and oxygen atoms in total. The second-order valence-electron chi connectivity index (χ2n) is 4.26. The summed E-state index contributed by atoms with van der Waals surface area (Å²) < 4.78 is 5.40. The summed E-state index contributed by atoms with van der Waals surface area (Å²) in [7, 11) is 1.85.